The third-order valence-corrected chi connectivity index (χ3v) is 3.49. The fraction of sp³-hybridized carbons (Fsp3) is 0.222. The summed E-state index contributed by atoms with van der Waals surface area (Å²) in [6.45, 7) is 4.66. The molecule has 2 rings (SSSR count). The molecule has 126 valence electrons. The van der Waals surface area contributed by atoms with Gasteiger partial charge in [0.15, 0.2) is 0 Å². The Kier molecular flexibility index (Phi) is 5.82. The lowest BCUT2D eigenvalue weighted by Crippen LogP contribution is -2.14. The Hall–Kier alpha value is -2.53. The minimum absolute atomic E-state index is 0.307. The number of amides is 2. The van der Waals surface area contributed by atoms with Gasteiger partial charge in [0.1, 0.15) is 5.75 Å². The van der Waals surface area contributed by atoms with Gasteiger partial charge in [0.05, 0.1) is 11.6 Å². The van der Waals surface area contributed by atoms with E-state index in [2.05, 4.69) is 5.32 Å². The molecule has 0 fully saturated rings. The molecule has 0 aliphatic carbocycles. The molecule has 0 aliphatic heterocycles. The molecule has 0 atom stereocenters. The van der Waals surface area contributed by atoms with Gasteiger partial charge >= 0.3 is 0 Å². The molecular weight excluding hydrogens is 328 g/mol. The van der Waals surface area contributed by atoms with E-state index < -0.39 is 5.91 Å². The molecule has 0 saturated carbocycles. The largest absolute Gasteiger partial charge is 0.492 e. The first-order valence-electron chi connectivity index (χ1n) is 7.50. The van der Waals surface area contributed by atoms with Crippen molar-refractivity contribution in [1.82, 2.24) is 0 Å². The first-order valence-corrected chi connectivity index (χ1v) is 7.88. The summed E-state index contributed by atoms with van der Waals surface area (Å²) in [5, 5.41) is 3.17. The molecule has 0 saturated heterocycles. The zero-order valence-electron chi connectivity index (χ0n) is 13.5. The van der Waals surface area contributed by atoms with Gasteiger partial charge in [0.2, 0.25) is 5.91 Å². The Balaban J connectivity index is 2.06. The highest BCUT2D eigenvalue weighted by Gasteiger charge is 2.10. The van der Waals surface area contributed by atoms with Crippen molar-refractivity contribution in [3.63, 3.8) is 0 Å². The highest BCUT2D eigenvalue weighted by molar-refractivity contribution is 6.32. The van der Waals surface area contributed by atoms with E-state index in [1.165, 1.54) is 24.3 Å². The number of hydrogen-bond acceptors (Lipinski definition) is 3. The number of carbonyl (C=O) groups excluding carboxylic acids is 2. The van der Waals surface area contributed by atoms with E-state index in [4.69, 9.17) is 22.1 Å². The van der Waals surface area contributed by atoms with Gasteiger partial charge in [-0.3, -0.25) is 9.59 Å². The third kappa shape index (κ3) is 4.73. The number of benzene rings is 2. The molecule has 0 bridgehead atoms. The predicted molar refractivity (Wildman–Crippen MR) is 94.7 cm³/mol. The second-order valence-corrected chi connectivity index (χ2v) is 6.15. The monoisotopic (exact) mass is 346 g/mol. The fourth-order valence-corrected chi connectivity index (χ4v) is 2.18. The van der Waals surface area contributed by atoms with Gasteiger partial charge in [0.25, 0.3) is 5.91 Å². The van der Waals surface area contributed by atoms with Crippen LogP contribution in [0.3, 0.4) is 0 Å². The quantitative estimate of drug-likeness (QED) is 0.836. The molecule has 0 heterocycles. The van der Waals surface area contributed by atoms with Crippen molar-refractivity contribution in [3.8, 4) is 5.75 Å². The standard InChI is InChI=1S/C18H19ClN2O3/c1-11(2)10-24-16-8-7-14(9-15(16)19)21-18(23)13-5-3-12(4-6-13)17(20)22/h3-9,11H,10H2,1-2H3,(H2,20,22)(H,21,23). The van der Waals surface area contributed by atoms with Crippen molar-refractivity contribution in [2.45, 2.75) is 13.8 Å². The Morgan fingerprint density at radius 3 is 2.29 bits per heavy atom. The predicted octanol–water partition coefficient (Wildman–Crippen LogP) is 3.73. The van der Waals surface area contributed by atoms with Gasteiger partial charge in [-0.2, -0.15) is 0 Å². The molecule has 0 aliphatic rings. The number of nitrogens with two attached hydrogens (primary N) is 1. The van der Waals surface area contributed by atoms with Crippen LogP contribution >= 0.6 is 11.6 Å². The van der Waals surface area contributed by atoms with Crippen LogP contribution in [0.25, 0.3) is 0 Å². The van der Waals surface area contributed by atoms with Crippen LogP contribution in [-0.4, -0.2) is 18.4 Å². The summed E-state index contributed by atoms with van der Waals surface area (Å²) >= 11 is 6.17. The molecule has 2 aromatic carbocycles. The van der Waals surface area contributed by atoms with E-state index in [1.54, 1.807) is 18.2 Å². The van der Waals surface area contributed by atoms with Crippen LogP contribution in [0.5, 0.6) is 5.75 Å². The minimum Gasteiger partial charge on any atom is -0.492 e. The van der Waals surface area contributed by atoms with Crippen LogP contribution in [0.4, 0.5) is 5.69 Å². The SMILES string of the molecule is CC(C)COc1ccc(NC(=O)c2ccc(C(N)=O)cc2)cc1Cl. The number of rotatable bonds is 6. The topological polar surface area (TPSA) is 81.4 Å². The summed E-state index contributed by atoms with van der Waals surface area (Å²) in [4.78, 5) is 23.2. The van der Waals surface area contributed by atoms with Crippen molar-refractivity contribution in [3.05, 3.63) is 58.6 Å². The molecule has 6 heteroatoms. The average molecular weight is 347 g/mol. The van der Waals surface area contributed by atoms with E-state index in [9.17, 15) is 9.59 Å². The van der Waals surface area contributed by atoms with Gasteiger partial charge in [-0.05, 0) is 48.4 Å². The molecule has 0 spiro atoms. The van der Waals surface area contributed by atoms with Crippen molar-refractivity contribution in [2.75, 3.05) is 11.9 Å². The lowest BCUT2D eigenvalue weighted by molar-refractivity contribution is 0.0995. The first-order chi connectivity index (χ1) is 11.4. The van der Waals surface area contributed by atoms with Crippen LogP contribution < -0.4 is 15.8 Å². The van der Waals surface area contributed by atoms with E-state index >= 15 is 0 Å². The number of ether oxygens (including phenoxy) is 1. The number of nitrogens with one attached hydrogen (secondary N) is 1. The van der Waals surface area contributed by atoms with Gasteiger partial charge in [0, 0.05) is 16.8 Å². The maximum Gasteiger partial charge on any atom is 0.255 e. The maximum absolute atomic E-state index is 12.2. The van der Waals surface area contributed by atoms with Gasteiger partial charge < -0.3 is 15.8 Å². The van der Waals surface area contributed by atoms with E-state index in [0.717, 1.165) is 0 Å². The first kappa shape index (κ1) is 17.8. The molecule has 2 aromatic rings. The average Bonchev–Trinajstić information content (AvgIpc) is 2.54. The van der Waals surface area contributed by atoms with Crippen LogP contribution in [0, 0.1) is 5.92 Å². The zero-order chi connectivity index (χ0) is 17.7. The van der Waals surface area contributed by atoms with Crippen LogP contribution in [0.1, 0.15) is 34.6 Å². The van der Waals surface area contributed by atoms with Crippen LogP contribution in [0.15, 0.2) is 42.5 Å². The second kappa shape index (κ2) is 7.84. The smallest absolute Gasteiger partial charge is 0.255 e. The molecular formula is C18H19ClN2O3. The Bertz CT molecular complexity index is 742. The highest BCUT2D eigenvalue weighted by atomic mass is 35.5. The summed E-state index contributed by atoms with van der Waals surface area (Å²) in [5.74, 6) is 0.127. The van der Waals surface area contributed by atoms with Crippen molar-refractivity contribution in [1.29, 1.82) is 0 Å². The number of hydrogen-bond donors (Lipinski definition) is 2. The molecule has 0 radical (unpaired) electrons. The summed E-state index contributed by atoms with van der Waals surface area (Å²) in [6.07, 6.45) is 0. The number of halogens is 1. The summed E-state index contributed by atoms with van der Waals surface area (Å²) in [6, 6.07) is 11.2. The summed E-state index contributed by atoms with van der Waals surface area (Å²) in [7, 11) is 0. The second-order valence-electron chi connectivity index (χ2n) is 5.75. The lowest BCUT2D eigenvalue weighted by Gasteiger charge is -2.12. The van der Waals surface area contributed by atoms with E-state index in [1.807, 2.05) is 13.8 Å². The van der Waals surface area contributed by atoms with E-state index in [0.29, 0.717) is 40.1 Å². The molecule has 0 aromatic heterocycles. The lowest BCUT2D eigenvalue weighted by atomic mass is 10.1. The zero-order valence-corrected chi connectivity index (χ0v) is 14.3. The van der Waals surface area contributed by atoms with Crippen molar-refractivity contribution < 1.29 is 14.3 Å². The van der Waals surface area contributed by atoms with E-state index in [-0.39, 0.29) is 5.91 Å². The Morgan fingerprint density at radius 1 is 1.12 bits per heavy atom. The Labute approximate surface area is 145 Å². The van der Waals surface area contributed by atoms with Crippen LogP contribution in [-0.2, 0) is 0 Å². The molecule has 2 amide bonds. The minimum atomic E-state index is -0.536. The summed E-state index contributed by atoms with van der Waals surface area (Å²) in [5.41, 5.74) is 6.49. The molecule has 24 heavy (non-hydrogen) atoms. The number of carbonyl (C=O) groups is 2. The Morgan fingerprint density at radius 2 is 1.75 bits per heavy atom. The van der Waals surface area contributed by atoms with Crippen molar-refractivity contribution in [2.24, 2.45) is 11.7 Å². The van der Waals surface area contributed by atoms with Gasteiger partial charge in [-0.1, -0.05) is 25.4 Å². The van der Waals surface area contributed by atoms with Crippen LogP contribution in [0.2, 0.25) is 5.02 Å². The maximum atomic E-state index is 12.2. The molecule has 0 unspecified atom stereocenters. The van der Waals surface area contributed by atoms with Gasteiger partial charge in [-0.25, -0.2) is 0 Å². The number of anilines is 1. The van der Waals surface area contributed by atoms with Crippen molar-refractivity contribution >= 4 is 29.1 Å². The summed E-state index contributed by atoms with van der Waals surface area (Å²) < 4.78 is 5.59. The van der Waals surface area contributed by atoms with Gasteiger partial charge in [-0.15, -0.1) is 0 Å². The molecule has 3 N–H and O–H groups in total. The third-order valence-electron chi connectivity index (χ3n) is 3.19. The highest BCUT2D eigenvalue weighted by Crippen LogP contribution is 2.28. The fourth-order valence-electron chi connectivity index (χ4n) is 1.94. The normalized spacial score (nSPS) is 10.5. The molecule has 5 nitrogen and oxygen atoms in total. The number of primary amides is 1.